The van der Waals surface area contributed by atoms with Gasteiger partial charge in [-0.3, -0.25) is 4.99 Å². The van der Waals surface area contributed by atoms with Crippen LogP contribution in [0.5, 0.6) is 17.4 Å². The Labute approximate surface area is 210 Å². The molecule has 2 heterocycles. The molecule has 1 aromatic carbocycles. The van der Waals surface area contributed by atoms with Crippen molar-refractivity contribution < 1.29 is 9.47 Å². The molecule has 0 saturated heterocycles. The van der Waals surface area contributed by atoms with Gasteiger partial charge in [0.25, 0.3) is 0 Å². The van der Waals surface area contributed by atoms with E-state index in [-0.39, 0.29) is 24.0 Å². The van der Waals surface area contributed by atoms with Crippen LogP contribution in [0.2, 0.25) is 0 Å². The lowest BCUT2D eigenvalue weighted by Gasteiger charge is -2.14. The Balaban J connectivity index is 0.00000363. The van der Waals surface area contributed by atoms with Gasteiger partial charge >= 0.3 is 0 Å². The highest BCUT2D eigenvalue weighted by Crippen LogP contribution is 2.25. The summed E-state index contributed by atoms with van der Waals surface area (Å²) in [7, 11) is 1.76. The van der Waals surface area contributed by atoms with Crippen molar-refractivity contribution in [1.29, 1.82) is 0 Å². The van der Waals surface area contributed by atoms with Crippen LogP contribution in [-0.2, 0) is 13.0 Å². The molecule has 0 radical (unpaired) electrons. The average molecular weight is 567 g/mol. The normalized spacial score (nSPS) is 10.9. The van der Waals surface area contributed by atoms with Crippen molar-refractivity contribution in [3.63, 3.8) is 0 Å². The molecule has 3 rings (SSSR count). The number of aryl methyl sites for hydroxylation is 1. The van der Waals surface area contributed by atoms with Crippen molar-refractivity contribution in [2.45, 2.75) is 33.2 Å². The van der Waals surface area contributed by atoms with E-state index >= 15 is 0 Å². The summed E-state index contributed by atoms with van der Waals surface area (Å²) in [6.07, 6.45) is 5.47. The second kappa shape index (κ2) is 13.9. The monoisotopic (exact) mass is 567 g/mol. The molecule has 0 fully saturated rings. The minimum atomic E-state index is 0. The van der Waals surface area contributed by atoms with Crippen LogP contribution in [0.1, 0.15) is 28.8 Å². The van der Waals surface area contributed by atoms with Gasteiger partial charge in [-0.05, 0) is 43.7 Å². The van der Waals surface area contributed by atoms with Crippen LogP contribution in [0.25, 0.3) is 0 Å². The Morgan fingerprint density at radius 2 is 1.88 bits per heavy atom. The highest BCUT2D eigenvalue weighted by atomic mass is 127. The molecule has 0 amide bonds. The zero-order valence-electron chi connectivity index (χ0n) is 18.6. The van der Waals surface area contributed by atoms with E-state index in [0.717, 1.165) is 41.7 Å². The van der Waals surface area contributed by atoms with E-state index in [1.807, 2.05) is 42.6 Å². The van der Waals surface area contributed by atoms with Gasteiger partial charge in [0.15, 0.2) is 5.96 Å². The highest BCUT2D eigenvalue weighted by Gasteiger charge is 2.08. The van der Waals surface area contributed by atoms with Crippen molar-refractivity contribution in [3.05, 3.63) is 64.2 Å². The number of nitrogens with one attached hydrogen (secondary N) is 2. The standard InChI is InChI=1S/C23H29N5O2S.HI/c1-4-14-29-19-7-9-20(10-8-19)30-22-18(6-5-12-25-22)16-28-23(24-3)26-13-11-21-27-15-17(2)31-21;/h5-10,12,15H,4,11,13-14,16H2,1-3H3,(H2,24,26,28);1H. The second-order valence-corrected chi connectivity index (χ2v) is 8.18. The van der Waals surface area contributed by atoms with E-state index in [2.05, 4.69) is 39.4 Å². The van der Waals surface area contributed by atoms with Crippen LogP contribution in [0.15, 0.2) is 53.8 Å². The third-order valence-corrected chi connectivity index (χ3v) is 5.30. The first-order valence-corrected chi connectivity index (χ1v) is 11.2. The number of aliphatic imine (C=N–C) groups is 1. The maximum atomic E-state index is 6.00. The number of halogens is 1. The van der Waals surface area contributed by atoms with Crippen molar-refractivity contribution in [2.75, 3.05) is 20.2 Å². The van der Waals surface area contributed by atoms with Crippen LogP contribution in [0, 0.1) is 6.92 Å². The third-order valence-electron chi connectivity index (χ3n) is 4.33. The molecule has 0 unspecified atom stereocenters. The molecule has 0 atom stereocenters. The van der Waals surface area contributed by atoms with Crippen molar-refractivity contribution in [2.24, 2.45) is 4.99 Å². The molecule has 32 heavy (non-hydrogen) atoms. The first-order chi connectivity index (χ1) is 15.2. The molecular weight excluding hydrogens is 537 g/mol. The summed E-state index contributed by atoms with van der Waals surface area (Å²) < 4.78 is 11.6. The predicted octanol–water partition coefficient (Wildman–Crippen LogP) is 4.95. The molecule has 7 nitrogen and oxygen atoms in total. The van der Waals surface area contributed by atoms with Gasteiger partial charge in [-0.25, -0.2) is 9.97 Å². The number of hydrogen-bond acceptors (Lipinski definition) is 6. The minimum absolute atomic E-state index is 0. The second-order valence-electron chi connectivity index (χ2n) is 6.86. The fourth-order valence-electron chi connectivity index (χ4n) is 2.79. The summed E-state index contributed by atoms with van der Waals surface area (Å²) >= 11 is 1.72. The number of benzene rings is 1. The molecule has 172 valence electrons. The third kappa shape index (κ3) is 8.27. The van der Waals surface area contributed by atoms with Gasteiger partial charge in [0.05, 0.1) is 11.6 Å². The SMILES string of the molecule is CCCOc1ccc(Oc2ncccc2CNC(=NC)NCCc2ncc(C)s2)cc1.I. The van der Waals surface area contributed by atoms with Gasteiger partial charge in [-0.1, -0.05) is 13.0 Å². The summed E-state index contributed by atoms with van der Waals surface area (Å²) in [5, 5.41) is 7.76. The molecule has 3 aromatic rings. The minimum Gasteiger partial charge on any atom is -0.494 e. The number of hydrogen-bond donors (Lipinski definition) is 2. The van der Waals surface area contributed by atoms with Crippen LogP contribution in [0.4, 0.5) is 0 Å². The van der Waals surface area contributed by atoms with Crippen LogP contribution >= 0.6 is 35.3 Å². The van der Waals surface area contributed by atoms with E-state index in [1.54, 1.807) is 24.6 Å². The number of nitrogens with zero attached hydrogens (tertiary/aromatic N) is 3. The number of thiazole rings is 1. The fourth-order valence-corrected chi connectivity index (χ4v) is 3.58. The molecule has 0 saturated carbocycles. The Kier molecular flexibility index (Phi) is 11.2. The molecule has 2 aromatic heterocycles. The molecule has 9 heteroatoms. The van der Waals surface area contributed by atoms with Gasteiger partial charge in [0.2, 0.25) is 5.88 Å². The lowest BCUT2D eigenvalue weighted by Crippen LogP contribution is -2.37. The van der Waals surface area contributed by atoms with E-state index in [0.29, 0.717) is 24.8 Å². The topological polar surface area (TPSA) is 80.7 Å². The molecule has 0 spiro atoms. The van der Waals surface area contributed by atoms with E-state index in [9.17, 15) is 0 Å². The largest absolute Gasteiger partial charge is 0.494 e. The fraction of sp³-hybridized carbons (Fsp3) is 0.348. The zero-order chi connectivity index (χ0) is 21.9. The maximum absolute atomic E-state index is 6.00. The molecule has 0 bridgehead atoms. The van der Waals surface area contributed by atoms with Crippen LogP contribution in [0.3, 0.4) is 0 Å². The number of rotatable bonds is 10. The smallest absolute Gasteiger partial charge is 0.224 e. The average Bonchev–Trinajstić information content (AvgIpc) is 3.21. The Hall–Kier alpha value is -2.40. The van der Waals surface area contributed by atoms with E-state index in [4.69, 9.17) is 9.47 Å². The molecule has 0 aliphatic heterocycles. The van der Waals surface area contributed by atoms with Gasteiger partial charge in [0.1, 0.15) is 11.5 Å². The number of aromatic nitrogens is 2. The summed E-state index contributed by atoms with van der Waals surface area (Å²) in [5.41, 5.74) is 0.937. The van der Waals surface area contributed by atoms with Crippen molar-refractivity contribution >= 4 is 41.3 Å². The van der Waals surface area contributed by atoms with Gasteiger partial charge < -0.3 is 20.1 Å². The van der Waals surface area contributed by atoms with Crippen molar-refractivity contribution in [3.8, 4) is 17.4 Å². The predicted molar refractivity (Wildman–Crippen MR) is 141 cm³/mol. The lowest BCUT2D eigenvalue weighted by atomic mass is 10.2. The first-order valence-electron chi connectivity index (χ1n) is 10.4. The van der Waals surface area contributed by atoms with Gasteiger partial charge in [-0.2, -0.15) is 0 Å². The first kappa shape index (κ1) is 25.9. The summed E-state index contributed by atoms with van der Waals surface area (Å²) in [4.78, 5) is 14.3. The molecular formula is C23H30IN5O2S. The lowest BCUT2D eigenvalue weighted by molar-refractivity contribution is 0.317. The molecule has 0 aliphatic carbocycles. The van der Waals surface area contributed by atoms with E-state index < -0.39 is 0 Å². The van der Waals surface area contributed by atoms with Crippen LogP contribution < -0.4 is 20.1 Å². The summed E-state index contributed by atoms with van der Waals surface area (Å²) in [6.45, 7) is 6.15. The van der Waals surface area contributed by atoms with Crippen LogP contribution in [-0.4, -0.2) is 36.1 Å². The summed E-state index contributed by atoms with van der Waals surface area (Å²) in [5.74, 6) is 2.83. The highest BCUT2D eigenvalue weighted by molar-refractivity contribution is 14.0. The number of pyridine rings is 1. The summed E-state index contributed by atoms with van der Waals surface area (Å²) in [6, 6.07) is 11.5. The number of ether oxygens (including phenoxy) is 2. The van der Waals surface area contributed by atoms with Crippen molar-refractivity contribution in [1.82, 2.24) is 20.6 Å². The number of guanidine groups is 1. The zero-order valence-corrected chi connectivity index (χ0v) is 21.8. The Bertz CT molecular complexity index is 979. The maximum Gasteiger partial charge on any atom is 0.224 e. The van der Waals surface area contributed by atoms with E-state index in [1.165, 1.54) is 4.88 Å². The Morgan fingerprint density at radius 3 is 2.56 bits per heavy atom. The molecule has 2 N–H and O–H groups in total. The molecule has 0 aliphatic rings. The quantitative estimate of drug-likeness (QED) is 0.205. The Morgan fingerprint density at radius 1 is 1.09 bits per heavy atom. The van der Waals surface area contributed by atoms with Gasteiger partial charge in [0, 0.05) is 49.4 Å². The van der Waals surface area contributed by atoms with Gasteiger partial charge in [-0.15, -0.1) is 35.3 Å².